The van der Waals surface area contributed by atoms with Gasteiger partial charge in [-0.3, -0.25) is 9.69 Å². The van der Waals surface area contributed by atoms with Gasteiger partial charge in [0.05, 0.1) is 5.69 Å². The number of fused-ring (bicyclic) bond motifs is 1. The molecule has 0 aromatic heterocycles. The Morgan fingerprint density at radius 2 is 2.08 bits per heavy atom. The minimum Gasteiger partial charge on any atom is -0.479 e. The van der Waals surface area contributed by atoms with Gasteiger partial charge in [-0.05, 0) is 37.3 Å². The Bertz CT molecular complexity index is 811. The molecule has 3 rings (SSSR count). The summed E-state index contributed by atoms with van der Waals surface area (Å²) in [6.07, 6.45) is -0.711. The van der Waals surface area contributed by atoms with Gasteiger partial charge in [0.1, 0.15) is 12.3 Å². The molecule has 0 N–H and O–H groups in total. The van der Waals surface area contributed by atoms with Gasteiger partial charge in [0.15, 0.2) is 17.7 Å². The fraction of sp³-hybridized carbons (Fsp3) is 0.176. The number of benzene rings is 2. The van der Waals surface area contributed by atoms with Gasteiger partial charge in [-0.2, -0.15) is 0 Å². The predicted molar refractivity (Wildman–Crippen MR) is 88.6 cm³/mol. The van der Waals surface area contributed by atoms with Crippen molar-refractivity contribution in [2.24, 2.45) is 0 Å². The topological polar surface area (TPSA) is 55.8 Å². The van der Waals surface area contributed by atoms with Crippen molar-refractivity contribution in [3.05, 3.63) is 52.8 Å². The number of anilines is 1. The minimum atomic E-state index is -0.742. The zero-order valence-electron chi connectivity index (χ0n) is 12.7. The van der Waals surface area contributed by atoms with E-state index < -0.39 is 17.9 Å². The van der Waals surface area contributed by atoms with Gasteiger partial charge in [0, 0.05) is 4.47 Å². The molecule has 5 nitrogen and oxygen atoms in total. The first kappa shape index (κ1) is 16.4. The second-order valence-electron chi connectivity index (χ2n) is 5.20. The Morgan fingerprint density at radius 3 is 2.83 bits per heavy atom. The van der Waals surface area contributed by atoms with Crippen molar-refractivity contribution in [1.82, 2.24) is 0 Å². The number of para-hydroxylation sites is 2. The highest BCUT2D eigenvalue weighted by molar-refractivity contribution is 9.10. The van der Waals surface area contributed by atoms with Crippen LogP contribution in [0.15, 0.2) is 46.9 Å². The summed E-state index contributed by atoms with van der Waals surface area (Å²) in [5.74, 6) is -1.45. The van der Waals surface area contributed by atoms with Crippen LogP contribution in [0.3, 0.4) is 0 Å². The number of hydrogen-bond donors (Lipinski definition) is 0. The van der Waals surface area contributed by atoms with E-state index in [2.05, 4.69) is 15.9 Å². The molecule has 0 saturated carbocycles. The normalized spacial score (nSPS) is 16.4. The fourth-order valence-electron chi connectivity index (χ4n) is 2.36. The van der Waals surface area contributed by atoms with Crippen LogP contribution in [0, 0.1) is 5.82 Å². The second kappa shape index (κ2) is 6.60. The van der Waals surface area contributed by atoms with E-state index in [9.17, 15) is 14.0 Å². The third-order valence-corrected chi connectivity index (χ3v) is 3.97. The Kier molecular flexibility index (Phi) is 4.53. The first-order chi connectivity index (χ1) is 11.5. The zero-order valence-corrected chi connectivity index (χ0v) is 14.2. The smallest absolute Gasteiger partial charge is 0.331 e. The summed E-state index contributed by atoms with van der Waals surface area (Å²) in [5, 5.41) is 0. The van der Waals surface area contributed by atoms with E-state index in [4.69, 9.17) is 9.47 Å². The molecule has 0 unspecified atom stereocenters. The Morgan fingerprint density at radius 1 is 1.33 bits per heavy atom. The molecule has 1 amide bonds. The van der Waals surface area contributed by atoms with Crippen molar-refractivity contribution in [1.29, 1.82) is 0 Å². The monoisotopic (exact) mass is 393 g/mol. The number of ether oxygens (including phenoxy) is 2. The van der Waals surface area contributed by atoms with E-state index in [1.165, 1.54) is 17.0 Å². The summed E-state index contributed by atoms with van der Waals surface area (Å²) in [7, 11) is 0. The van der Waals surface area contributed by atoms with Crippen molar-refractivity contribution < 1.29 is 23.5 Å². The van der Waals surface area contributed by atoms with Gasteiger partial charge < -0.3 is 9.47 Å². The average molecular weight is 394 g/mol. The maximum atomic E-state index is 13.8. The summed E-state index contributed by atoms with van der Waals surface area (Å²) >= 11 is 3.13. The first-order valence-corrected chi connectivity index (χ1v) is 7.98. The molecule has 0 fully saturated rings. The Balaban J connectivity index is 1.79. The highest BCUT2D eigenvalue weighted by Crippen LogP contribution is 2.33. The number of amides is 1. The maximum Gasteiger partial charge on any atom is 0.331 e. The first-order valence-electron chi connectivity index (χ1n) is 7.18. The van der Waals surface area contributed by atoms with Crippen molar-refractivity contribution in [2.75, 3.05) is 11.4 Å². The summed E-state index contributed by atoms with van der Waals surface area (Å²) in [6, 6.07) is 11.0. The highest BCUT2D eigenvalue weighted by Gasteiger charge is 2.33. The molecule has 1 heterocycles. The number of esters is 1. The van der Waals surface area contributed by atoms with E-state index in [0.29, 0.717) is 15.9 Å². The standard InChI is InChI=1S/C17H13BrFNO4/c1-10-17(22)20(13-4-2-3-5-15(13)23-10)9-16(21)24-14-7-6-11(18)8-12(14)19/h2-8,10H,9H2,1H3/t10-/m1/s1. The molecule has 7 heteroatoms. The number of nitrogens with zero attached hydrogens (tertiary/aromatic N) is 1. The average Bonchev–Trinajstić information content (AvgIpc) is 2.54. The van der Waals surface area contributed by atoms with E-state index in [-0.39, 0.29) is 18.2 Å². The third-order valence-electron chi connectivity index (χ3n) is 3.48. The summed E-state index contributed by atoms with van der Waals surface area (Å²) < 4.78 is 24.8. The van der Waals surface area contributed by atoms with Gasteiger partial charge in [-0.25, -0.2) is 9.18 Å². The number of halogens is 2. The maximum absolute atomic E-state index is 13.8. The van der Waals surface area contributed by atoms with Gasteiger partial charge in [0.25, 0.3) is 5.91 Å². The van der Waals surface area contributed by atoms with Crippen molar-refractivity contribution >= 4 is 33.5 Å². The molecule has 1 aliphatic heterocycles. The molecule has 2 aromatic rings. The number of carbonyl (C=O) groups is 2. The highest BCUT2D eigenvalue weighted by atomic mass is 79.9. The van der Waals surface area contributed by atoms with E-state index >= 15 is 0 Å². The minimum absolute atomic E-state index is 0.190. The summed E-state index contributed by atoms with van der Waals surface area (Å²) in [5.41, 5.74) is 0.480. The molecule has 0 radical (unpaired) electrons. The van der Waals surface area contributed by atoms with Crippen LogP contribution in [-0.4, -0.2) is 24.5 Å². The Labute approximate surface area is 146 Å². The van der Waals surface area contributed by atoms with Crippen LogP contribution in [0.5, 0.6) is 11.5 Å². The van der Waals surface area contributed by atoms with Crippen LogP contribution in [0.25, 0.3) is 0 Å². The van der Waals surface area contributed by atoms with Crippen molar-refractivity contribution in [2.45, 2.75) is 13.0 Å². The lowest BCUT2D eigenvalue weighted by Crippen LogP contribution is -2.47. The van der Waals surface area contributed by atoms with Gasteiger partial charge in [0.2, 0.25) is 0 Å². The Hall–Kier alpha value is -2.41. The summed E-state index contributed by atoms with van der Waals surface area (Å²) in [6.45, 7) is 1.27. The molecular weight excluding hydrogens is 381 g/mol. The zero-order chi connectivity index (χ0) is 17.3. The summed E-state index contributed by atoms with van der Waals surface area (Å²) in [4.78, 5) is 25.7. The van der Waals surface area contributed by atoms with E-state index in [0.717, 1.165) is 0 Å². The number of hydrogen-bond acceptors (Lipinski definition) is 4. The predicted octanol–water partition coefficient (Wildman–Crippen LogP) is 3.31. The van der Waals surface area contributed by atoms with Crippen LogP contribution in [0.2, 0.25) is 0 Å². The molecular formula is C17H13BrFNO4. The number of carbonyl (C=O) groups excluding carboxylic acids is 2. The molecule has 0 aliphatic carbocycles. The van der Waals surface area contributed by atoms with E-state index in [1.807, 2.05) is 0 Å². The largest absolute Gasteiger partial charge is 0.479 e. The molecule has 24 heavy (non-hydrogen) atoms. The second-order valence-corrected chi connectivity index (χ2v) is 6.12. The third kappa shape index (κ3) is 3.26. The van der Waals surface area contributed by atoms with Crippen LogP contribution in [0.1, 0.15) is 6.92 Å². The van der Waals surface area contributed by atoms with E-state index in [1.54, 1.807) is 37.3 Å². The molecule has 1 aliphatic rings. The molecule has 2 aromatic carbocycles. The van der Waals surface area contributed by atoms with Crippen molar-refractivity contribution in [3.8, 4) is 11.5 Å². The molecule has 0 saturated heterocycles. The van der Waals surface area contributed by atoms with Gasteiger partial charge in [-0.15, -0.1) is 0 Å². The molecule has 0 bridgehead atoms. The molecule has 124 valence electrons. The lowest BCUT2D eigenvalue weighted by atomic mass is 10.2. The lowest BCUT2D eigenvalue weighted by molar-refractivity contribution is -0.135. The van der Waals surface area contributed by atoms with Gasteiger partial charge in [-0.1, -0.05) is 28.1 Å². The van der Waals surface area contributed by atoms with Crippen LogP contribution in [0.4, 0.5) is 10.1 Å². The van der Waals surface area contributed by atoms with Crippen LogP contribution >= 0.6 is 15.9 Å². The molecule has 0 spiro atoms. The quantitative estimate of drug-likeness (QED) is 0.592. The van der Waals surface area contributed by atoms with Gasteiger partial charge >= 0.3 is 5.97 Å². The lowest BCUT2D eigenvalue weighted by Gasteiger charge is -2.32. The van der Waals surface area contributed by atoms with Crippen molar-refractivity contribution in [3.63, 3.8) is 0 Å². The number of rotatable bonds is 3. The van der Waals surface area contributed by atoms with Crippen LogP contribution in [-0.2, 0) is 9.59 Å². The SMILES string of the molecule is C[C@H]1Oc2ccccc2N(CC(=O)Oc2ccc(Br)cc2F)C1=O. The fourth-order valence-corrected chi connectivity index (χ4v) is 2.70. The van der Waals surface area contributed by atoms with Crippen LogP contribution < -0.4 is 14.4 Å². The molecule has 1 atom stereocenters.